The molecule has 0 aliphatic rings. The molecule has 0 spiro atoms. The van der Waals surface area contributed by atoms with E-state index < -0.39 is 23.0 Å². The lowest BCUT2D eigenvalue weighted by Crippen LogP contribution is -2.48. The molecule has 0 amide bonds. The summed E-state index contributed by atoms with van der Waals surface area (Å²) in [5.74, 6) is 0.114. The maximum atomic E-state index is 13.7. The van der Waals surface area contributed by atoms with Crippen LogP contribution in [0.15, 0.2) is 48.5 Å². The quantitative estimate of drug-likeness (QED) is 0.228. The zero-order valence-electron chi connectivity index (χ0n) is 27.7. The summed E-state index contributed by atoms with van der Waals surface area (Å²) in [6.07, 6.45) is -3.68. The number of aromatic nitrogens is 1. The molecule has 0 N–H and O–H groups in total. The molecular weight excluding hydrogens is 555 g/mol. The highest BCUT2D eigenvalue weighted by molar-refractivity contribution is 5.89. The second-order valence-corrected chi connectivity index (χ2v) is 15.4. The van der Waals surface area contributed by atoms with E-state index in [0.717, 1.165) is 10.9 Å². The minimum atomic E-state index is -4.80. The first-order chi connectivity index (χ1) is 19.3. The molecule has 238 valence electrons. The lowest BCUT2D eigenvalue weighted by Gasteiger charge is -2.45. The molecule has 0 bridgehead atoms. The average Bonchev–Trinajstić information content (AvgIpc) is 3.10. The zero-order chi connectivity index (χ0) is 32.8. The molecule has 0 fully saturated rings. The monoisotopic (exact) mass is 603 g/mol. The van der Waals surface area contributed by atoms with E-state index in [-0.39, 0.29) is 22.5 Å². The normalized spacial score (nSPS) is 14.9. The van der Waals surface area contributed by atoms with E-state index in [1.54, 1.807) is 19.2 Å². The Labute approximate surface area is 254 Å². The van der Waals surface area contributed by atoms with Crippen LogP contribution in [-0.4, -0.2) is 28.1 Å². The number of ether oxygens (including phenoxy) is 3. The Balaban J connectivity index is 1.84. The third-order valence-corrected chi connectivity index (χ3v) is 8.01. The number of esters is 1. The van der Waals surface area contributed by atoms with Crippen molar-refractivity contribution in [2.24, 2.45) is 23.3 Å². The second kappa shape index (κ2) is 11.4. The minimum absolute atomic E-state index is 0.0591. The molecule has 2 aromatic carbocycles. The Hall–Kier alpha value is -3.16. The number of fused-ring (bicyclic) bond motifs is 1. The topological polar surface area (TPSA) is 49.7 Å². The van der Waals surface area contributed by atoms with Crippen molar-refractivity contribution < 1.29 is 32.2 Å². The van der Waals surface area contributed by atoms with Crippen LogP contribution in [0.2, 0.25) is 0 Å². The van der Waals surface area contributed by atoms with Crippen molar-refractivity contribution >= 4 is 16.9 Å². The van der Waals surface area contributed by atoms with E-state index >= 15 is 0 Å². The highest BCUT2D eigenvalue weighted by Crippen LogP contribution is 2.48. The molecule has 3 aromatic rings. The van der Waals surface area contributed by atoms with Gasteiger partial charge >= 0.3 is 12.3 Å². The van der Waals surface area contributed by atoms with Gasteiger partial charge in [-0.2, -0.15) is 0 Å². The van der Waals surface area contributed by atoms with Gasteiger partial charge in [0.15, 0.2) is 0 Å². The van der Waals surface area contributed by atoms with Crippen LogP contribution in [0, 0.1) is 16.2 Å². The Morgan fingerprint density at radius 3 is 1.93 bits per heavy atom. The summed E-state index contributed by atoms with van der Waals surface area (Å²) in [7, 11) is 1.79. The fourth-order valence-corrected chi connectivity index (χ4v) is 6.01. The van der Waals surface area contributed by atoms with Crippen molar-refractivity contribution in [2.45, 2.75) is 107 Å². The zero-order valence-corrected chi connectivity index (χ0v) is 27.7. The van der Waals surface area contributed by atoms with Gasteiger partial charge < -0.3 is 18.8 Å². The van der Waals surface area contributed by atoms with Gasteiger partial charge in [-0.05, 0) is 82.2 Å². The number of aryl methyl sites for hydroxylation is 1. The van der Waals surface area contributed by atoms with Crippen molar-refractivity contribution in [3.63, 3.8) is 0 Å². The van der Waals surface area contributed by atoms with E-state index in [4.69, 9.17) is 9.47 Å². The number of halogens is 3. The molecule has 0 saturated carbocycles. The van der Waals surface area contributed by atoms with E-state index in [0.29, 0.717) is 29.8 Å². The standard InChI is InChI=1S/C35H48F3NO4/c1-30(2,3)21-34(11,31(4,5)6)29(40)43-33(9,10)22-32(7,8)41-24-18-17-23-19-27(39(12)26(23)20-24)25-15-13-14-16-28(25)42-35(36,37)38/h13-20H,21-22H2,1-12H3. The van der Waals surface area contributed by atoms with Crippen LogP contribution in [0.25, 0.3) is 22.2 Å². The van der Waals surface area contributed by atoms with E-state index in [9.17, 15) is 18.0 Å². The molecule has 1 aromatic heterocycles. The molecule has 0 aliphatic heterocycles. The molecule has 0 aliphatic carbocycles. The number of carbonyl (C=O) groups excluding carboxylic acids is 1. The maximum Gasteiger partial charge on any atom is 0.573 e. The van der Waals surface area contributed by atoms with Gasteiger partial charge in [0.1, 0.15) is 22.7 Å². The summed E-state index contributed by atoms with van der Waals surface area (Å²) in [6, 6.07) is 13.5. The third kappa shape index (κ3) is 8.48. The minimum Gasteiger partial charge on any atom is -0.488 e. The highest BCUT2D eigenvalue weighted by Gasteiger charge is 2.49. The first-order valence-electron chi connectivity index (χ1n) is 14.7. The Bertz CT molecular complexity index is 1450. The first kappa shape index (κ1) is 34.3. The van der Waals surface area contributed by atoms with Crippen molar-refractivity contribution in [2.75, 3.05) is 0 Å². The molecular formula is C35H48F3NO4. The molecule has 1 heterocycles. The first-order valence-corrected chi connectivity index (χ1v) is 14.7. The van der Waals surface area contributed by atoms with E-state index in [1.807, 2.05) is 63.5 Å². The maximum absolute atomic E-state index is 13.7. The van der Waals surface area contributed by atoms with Gasteiger partial charge in [0.25, 0.3) is 0 Å². The number of alkyl halides is 3. The highest BCUT2D eigenvalue weighted by atomic mass is 19.4. The summed E-state index contributed by atoms with van der Waals surface area (Å²) in [5.41, 5.74) is -0.865. The van der Waals surface area contributed by atoms with Crippen molar-refractivity contribution in [3.8, 4) is 22.8 Å². The second-order valence-electron chi connectivity index (χ2n) is 15.4. The Morgan fingerprint density at radius 1 is 0.767 bits per heavy atom. The molecule has 43 heavy (non-hydrogen) atoms. The molecule has 0 radical (unpaired) electrons. The van der Waals surface area contributed by atoms with Gasteiger partial charge in [0.05, 0.1) is 16.6 Å². The molecule has 1 atom stereocenters. The van der Waals surface area contributed by atoms with Crippen LogP contribution in [0.4, 0.5) is 13.2 Å². The van der Waals surface area contributed by atoms with E-state index in [2.05, 4.69) is 46.3 Å². The van der Waals surface area contributed by atoms with Gasteiger partial charge in [0.2, 0.25) is 0 Å². The average molecular weight is 604 g/mol. The van der Waals surface area contributed by atoms with Crippen LogP contribution < -0.4 is 9.47 Å². The third-order valence-electron chi connectivity index (χ3n) is 8.01. The van der Waals surface area contributed by atoms with Crippen LogP contribution in [-0.2, 0) is 16.6 Å². The Kier molecular flexibility index (Phi) is 9.10. The van der Waals surface area contributed by atoms with Gasteiger partial charge in [-0.3, -0.25) is 4.79 Å². The number of benzene rings is 2. The predicted octanol–water partition coefficient (Wildman–Crippen LogP) is 10.1. The summed E-state index contributed by atoms with van der Waals surface area (Å²) in [4.78, 5) is 13.7. The van der Waals surface area contributed by atoms with Gasteiger partial charge in [-0.25, -0.2) is 0 Å². The van der Waals surface area contributed by atoms with Crippen LogP contribution in [0.3, 0.4) is 0 Å². The lowest BCUT2D eigenvalue weighted by atomic mass is 9.61. The summed E-state index contributed by atoms with van der Waals surface area (Å²) in [6.45, 7) is 22.3. The fourth-order valence-electron chi connectivity index (χ4n) is 6.01. The van der Waals surface area contributed by atoms with E-state index in [1.165, 1.54) is 12.1 Å². The van der Waals surface area contributed by atoms with Crippen molar-refractivity contribution in [1.82, 2.24) is 4.57 Å². The number of hydrogen-bond donors (Lipinski definition) is 0. The fraction of sp³-hybridized carbons (Fsp3) is 0.571. The van der Waals surface area contributed by atoms with Gasteiger partial charge in [0, 0.05) is 30.5 Å². The number of carbonyl (C=O) groups is 1. The molecule has 0 saturated heterocycles. The summed E-state index contributed by atoms with van der Waals surface area (Å²) in [5, 5.41) is 0.846. The lowest BCUT2D eigenvalue weighted by molar-refractivity contribution is -0.274. The van der Waals surface area contributed by atoms with Crippen LogP contribution in [0.1, 0.15) is 89.0 Å². The number of rotatable bonds is 9. The largest absolute Gasteiger partial charge is 0.573 e. The van der Waals surface area contributed by atoms with Crippen molar-refractivity contribution in [3.05, 3.63) is 48.5 Å². The predicted molar refractivity (Wildman–Crippen MR) is 166 cm³/mol. The number of nitrogens with zero attached hydrogens (tertiary/aromatic N) is 1. The van der Waals surface area contributed by atoms with Crippen LogP contribution in [0.5, 0.6) is 11.5 Å². The smallest absolute Gasteiger partial charge is 0.488 e. The summed E-state index contributed by atoms with van der Waals surface area (Å²) < 4.78 is 57.9. The number of hydrogen-bond acceptors (Lipinski definition) is 4. The van der Waals surface area contributed by atoms with Gasteiger partial charge in [-0.15, -0.1) is 13.2 Å². The number of para-hydroxylation sites is 1. The van der Waals surface area contributed by atoms with Crippen LogP contribution >= 0.6 is 0 Å². The summed E-state index contributed by atoms with van der Waals surface area (Å²) >= 11 is 0. The molecule has 8 heteroatoms. The van der Waals surface area contributed by atoms with Gasteiger partial charge in [-0.1, -0.05) is 53.7 Å². The molecule has 3 rings (SSSR count). The Morgan fingerprint density at radius 2 is 1.37 bits per heavy atom. The SMILES string of the molecule is Cn1c(-c2ccccc2OC(F)(F)F)cc2ccc(OC(C)(C)CC(C)(C)OC(=O)C(C)(CC(C)(C)C)C(C)(C)C)cc21. The molecule has 1 unspecified atom stereocenters. The molecule has 5 nitrogen and oxygen atoms in total. The van der Waals surface area contributed by atoms with Crippen molar-refractivity contribution in [1.29, 1.82) is 0 Å².